The van der Waals surface area contributed by atoms with E-state index in [9.17, 15) is 5.11 Å². The van der Waals surface area contributed by atoms with E-state index in [2.05, 4.69) is 94.3 Å². The van der Waals surface area contributed by atoms with E-state index in [1.807, 2.05) is 0 Å². The predicted octanol–water partition coefficient (Wildman–Crippen LogP) is 6.17. The number of aromatic nitrogens is 1. The Kier molecular flexibility index (Phi) is 5.25. The highest BCUT2D eigenvalue weighted by Crippen LogP contribution is 2.66. The molecule has 43 heavy (non-hydrogen) atoms. The van der Waals surface area contributed by atoms with Crippen LogP contribution < -0.4 is 4.90 Å². The SMILES string of the molecule is C/C=C1\CN2CC[C@]34c5ccccc5N5C=C([C@H]6C[C@H]7c8[nH]c9ccccc9c8CCN7C[C@@H]6CC)[C@H](O)[C@@H]([C@H]53)[C@H]1C[C@H]24. The van der Waals surface area contributed by atoms with Crippen LogP contribution in [0.2, 0.25) is 0 Å². The summed E-state index contributed by atoms with van der Waals surface area (Å²) in [5.74, 6) is 1.67. The van der Waals surface area contributed by atoms with Crippen LogP contribution in [0.15, 0.2) is 72.0 Å². The first-order chi connectivity index (χ1) is 21.1. The number of nitrogens with zero attached hydrogens (tertiary/aromatic N) is 3. The van der Waals surface area contributed by atoms with Crippen LogP contribution in [-0.2, 0) is 11.8 Å². The lowest BCUT2D eigenvalue weighted by Gasteiger charge is -2.60. The summed E-state index contributed by atoms with van der Waals surface area (Å²) in [4.78, 5) is 12.1. The number of para-hydroxylation sites is 2. The molecule has 10 rings (SSSR count). The number of aromatic amines is 1. The van der Waals surface area contributed by atoms with Gasteiger partial charge in [0.1, 0.15) is 0 Å². The summed E-state index contributed by atoms with van der Waals surface area (Å²) in [6, 6.07) is 19.5. The van der Waals surface area contributed by atoms with Gasteiger partial charge in [0.25, 0.3) is 0 Å². The Bertz CT molecular complexity index is 1700. The van der Waals surface area contributed by atoms with E-state index in [0.29, 0.717) is 35.9 Å². The number of piperidine rings is 2. The van der Waals surface area contributed by atoms with E-state index in [1.165, 1.54) is 52.8 Å². The molecule has 7 aliphatic rings. The summed E-state index contributed by atoms with van der Waals surface area (Å²) in [7, 11) is 0. The number of H-pyrrole nitrogens is 1. The Morgan fingerprint density at radius 1 is 1.02 bits per heavy atom. The van der Waals surface area contributed by atoms with Gasteiger partial charge in [0.15, 0.2) is 0 Å². The van der Waals surface area contributed by atoms with Gasteiger partial charge in [-0.3, -0.25) is 9.80 Å². The van der Waals surface area contributed by atoms with Crippen LogP contribution >= 0.6 is 0 Å². The topological polar surface area (TPSA) is 45.7 Å². The molecule has 3 saturated heterocycles. The summed E-state index contributed by atoms with van der Waals surface area (Å²) in [5.41, 5.74) is 10.3. The average molecular weight is 573 g/mol. The van der Waals surface area contributed by atoms with E-state index in [0.717, 1.165) is 38.9 Å². The summed E-state index contributed by atoms with van der Waals surface area (Å²) in [5, 5.41) is 14.2. The van der Waals surface area contributed by atoms with Gasteiger partial charge in [0.2, 0.25) is 0 Å². The first-order valence-electron chi connectivity index (χ1n) is 17.1. The van der Waals surface area contributed by atoms with Crippen LogP contribution in [0.3, 0.4) is 0 Å². The zero-order valence-electron chi connectivity index (χ0n) is 25.5. The number of allylic oxidation sites excluding steroid dienone is 1. The summed E-state index contributed by atoms with van der Waals surface area (Å²) >= 11 is 0. The van der Waals surface area contributed by atoms with Crippen molar-refractivity contribution in [1.29, 1.82) is 0 Å². The highest BCUT2D eigenvalue weighted by Gasteiger charge is 2.69. The van der Waals surface area contributed by atoms with Crippen molar-refractivity contribution < 1.29 is 5.11 Å². The Morgan fingerprint density at radius 2 is 1.88 bits per heavy atom. The van der Waals surface area contributed by atoms with Gasteiger partial charge in [-0.15, -0.1) is 0 Å². The standard InChI is InChI=1S/C38H44N4O/c1-3-22-19-40-15-13-25-24-9-5-7-11-30(24)39-35(25)32(40)17-26(22)28-21-42-31-12-8-6-10-29(31)38-14-16-41-20-23(4-2)27(18-33(38)41)34(36(28)43)37(38)42/h4-12,21-22,26-27,32-34,36-37,39,43H,3,13-20H2,1-2H3/b23-4+/t22-,26-,27-,32-,33-,34-,36-,37-,38+/m0/s1. The molecule has 6 aliphatic heterocycles. The molecule has 7 heterocycles. The lowest BCUT2D eigenvalue weighted by Crippen LogP contribution is -2.67. The third-order valence-electron chi connectivity index (χ3n) is 13.6. The lowest BCUT2D eigenvalue weighted by molar-refractivity contribution is -0.0223. The fourth-order valence-corrected chi connectivity index (χ4v) is 11.9. The number of anilines is 1. The third-order valence-corrected chi connectivity index (χ3v) is 13.6. The number of hydrogen-bond donors (Lipinski definition) is 2. The number of nitrogens with one attached hydrogen (secondary N) is 1. The second-order valence-electron chi connectivity index (χ2n) is 14.8. The molecule has 1 saturated carbocycles. The highest BCUT2D eigenvalue weighted by molar-refractivity contribution is 5.85. The molecule has 2 aromatic carbocycles. The van der Waals surface area contributed by atoms with Gasteiger partial charge < -0.3 is 15.0 Å². The largest absolute Gasteiger partial charge is 0.388 e. The monoisotopic (exact) mass is 572 g/mol. The van der Waals surface area contributed by atoms with Crippen molar-refractivity contribution in [3.8, 4) is 0 Å². The number of fused-ring (bicyclic) bond motifs is 9. The van der Waals surface area contributed by atoms with E-state index >= 15 is 0 Å². The van der Waals surface area contributed by atoms with Gasteiger partial charge >= 0.3 is 0 Å². The Morgan fingerprint density at radius 3 is 2.77 bits per heavy atom. The molecule has 0 radical (unpaired) electrons. The van der Waals surface area contributed by atoms with Crippen LogP contribution in [0, 0.1) is 23.7 Å². The number of hydrogen-bond acceptors (Lipinski definition) is 4. The summed E-state index contributed by atoms with van der Waals surface area (Å²) in [6.07, 6.45) is 10.3. The molecule has 0 amide bonds. The lowest BCUT2D eigenvalue weighted by atomic mass is 9.52. The molecule has 3 aromatic rings. The van der Waals surface area contributed by atoms with Crippen LogP contribution in [0.25, 0.3) is 10.9 Å². The zero-order valence-corrected chi connectivity index (χ0v) is 25.5. The van der Waals surface area contributed by atoms with E-state index in [4.69, 9.17) is 0 Å². The molecule has 5 heteroatoms. The zero-order chi connectivity index (χ0) is 28.6. The Balaban J connectivity index is 1.12. The van der Waals surface area contributed by atoms with E-state index in [-0.39, 0.29) is 17.4 Å². The number of aliphatic hydroxyl groups excluding tert-OH is 1. The maximum Gasteiger partial charge on any atom is 0.0824 e. The molecule has 4 fully saturated rings. The first kappa shape index (κ1) is 25.5. The van der Waals surface area contributed by atoms with Crippen molar-refractivity contribution in [2.45, 2.75) is 75.6 Å². The van der Waals surface area contributed by atoms with Gasteiger partial charge in [-0.25, -0.2) is 0 Å². The van der Waals surface area contributed by atoms with E-state index in [1.54, 1.807) is 11.1 Å². The highest BCUT2D eigenvalue weighted by atomic mass is 16.3. The molecule has 9 atom stereocenters. The van der Waals surface area contributed by atoms with Crippen molar-refractivity contribution in [3.05, 3.63) is 88.8 Å². The van der Waals surface area contributed by atoms with Gasteiger partial charge in [0.05, 0.1) is 18.2 Å². The average Bonchev–Trinajstić information content (AvgIpc) is 3.72. The van der Waals surface area contributed by atoms with Crippen LogP contribution in [0.1, 0.15) is 62.4 Å². The number of rotatable bonds is 2. The summed E-state index contributed by atoms with van der Waals surface area (Å²) in [6.45, 7) is 9.15. The summed E-state index contributed by atoms with van der Waals surface area (Å²) < 4.78 is 0. The molecule has 5 nitrogen and oxygen atoms in total. The maximum absolute atomic E-state index is 12.8. The van der Waals surface area contributed by atoms with Gasteiger partial charge in [0, 0.05) is 65.5 Å². The second kappa shape index (κ2) is 8.87. The maximum atomic E-state index is 12.8. The molecule has 2 bridgehead atoms. The van der Waals surface area contributed by atoms with E-state index < -0.39 is 0 Å². The van der Waals surface area contributed by atoms with Crippen LogP contribution in [-0.4, -0.2) is 64.3 Å². The van der Waals surface area contributed by atoms with Gasteiger partial charge in [-0.1, -0.05) is 61.4 Å². The Hall–Kier alpha value is -2.86. The van der Waals surface area contributed by atoms with Crippen molar-refractivity contribution >= 4 is 16.6 Å². The van der Waals surface area contributed by atoms with Crippen LogP contribution in [0.4, 0.5) is 5.69 Å². The minimum Gasteiger partial charge on any atom is -0.388 e. The molecular formula is C38H44N4O. The minimum atomic E-state index is -0.378. The molecule has 0 unspecified atom stereocenters. The van der Waals surface area contributed by atoms with Gasteiger partial charge in [-0.2, -0.15) is 0 Å². The quantitative estimate of drug-likeness (QED) is 0.361. The molecular weight excluding hydrogens is 528 g/mol. The van der Waals surface area contributed by atoms with Crippen molar-refractivity contribution in [2.24, 2.45) is 23.7 Å². The minimum absolute atomic E-state index is 0.135. The smallest absolute Gasteiger partial charge is 0.0824 e. The molecule has 2 N–H and O–H groups in total. The van der Waals surface area contributed by atoms with Crippen molar-refractivity contribution in [3.63, 3.8) is 0 Å². The number of aliphatic hydroxyl groups is 1. The fraction of sp³-hybridized carbons (Fsp3) is 0.526. The van der Waals surface area contributed by atoms with Crippen molar-refractivity contribution in [1.82, 2.24) is 14.8 Å². The van der Waals surface area contributed by atoms with Gasteiger partial charge in [-0.05, 0) is 85.7 Å². The second-order valence-corrected chi connectivity index (χ2v) is 14.8. The normalized spacial score (nSPS) is 40.3. The first-order valence-corrected chi connectivity index (χ1v) is 17.1. The van der Waals surface area contributed by atoms with Crippen molar-refractivity contribution in [2.75, 3.05) is 31.1 Å². The molecule has 1 aliphatic carbocycles. The predicted molar refractivity (Wildman–Crippen MR) is 172 cm³/mol. The molecule has 1 aromatic heterocycles. The molecule has 1 spiro atoms. The fourth-order valence-electron chi connectivity index (χ4n) is 11.9. The molecule has 222 valence electrons. The third kappa shape index (κ3) is 3.09. The van der Waals surface area contributed by atoms with Crippen LogP contribution in [0.5, 0.6) is 0 Å². The Labute approximate surface area is 255 Å². The number of benzene rings is 2.